The number of ether oxygens (including phenoxy) is 3. The van der Waals surface area contributed by atoms with Gasteiger partial charge in [0.05, 0.1) is 61.4 Å². The Hall–Kier alpha value is -5.78. The van der Waals surface area contributed by atoms with Gasteiger partial charge in [-0.25, -0.2) is 9.67 Å². The number of nitriles is 1. The number of carboxylic acids is 1. The Morgan fingerprint density at radius 3 is 2.44 bits per heavy atom. The van der Waals surface area contributed by atoms with Crippen molar-refractivity contribution in [3.63, 3.8) is 0 Å². The zero-order valence-electron chi connectivity index (χ0n) is 32.6. The van der Waals surface area contributed by atoms with E-state index >= 15 is 0 Å². The van der Waals surface area contributed by atoms with E-state index in [1.54, 1.807) is 14.2 Å². The molecule has 2 saturated heterocycles. The highest BCUT2D eigenvalue weighted by Crippen LogP contribution is 2.39. The average Bonchev–Trinajstić information content (AvgIpc) is 3.86. The van der Waals surface area contributed by atoms with E-state index in [1.165, 1.54) is 0 Å². The first-order valence-electron chi connectivity index (χ1n) is 19.2. The molecule has 0 saturated carbocycles. The molecule has 0 aliphatic carbocycles. The molecule has 57 heavy (non-hydrogen) atoms. The smallest absolute Gasteiger partial charge is 0.306 e. The number of fused-ring (bicyclic) bond motifs is 2. The van der Waals surface area contributed by atoms with E-state index in [-0.39, 0.29) is 12.0 Å². The van der Waals surface area contributed by atoms with E-state index in [1.807, 2.05) is 73.4 Å². The number of aliphatic hydroxyl groups is 1. The Bertz CT molecular complexity index is 2470. The molecule has 0 unspecified atom stereocenters. The normalized spacial score (nSPS) is 18.0. The minimum Gasteiger partial charge on any atom is -0.496 e. The molecule has 0 bridgehead atoms. The summed E-state index contributed by atoms with van der Waals surface area (Å²) in [5.41, 5.74) is 8.74. The number of methoxy groups -OCH3 is 2. The lowest BCUT2D eigenvalue weighted by Gasteiger charge is -2.35. The van der Waals surface area contributed by atoms with Gasteiger partial charge in [0.15, 0.2) is 5.58 Å². The Morgan fingerprint density at radius 1 is 1.02 bits per heavy atom. The molecule has 2 aromatic heterocycles. The second kappa shape index (κ2) is 16.0. The number of hydrogen-bond acceptors (Lipinski definition) is 11. The van der Waals surface area contributed by atoms with Crippen LogP contribution >= 0.6 is 0 Å². The second-order valence-electron chi connectivity index (χ2n) is 15.0. The molecule has 2 N–H and O–H groups in total. The summed E-state index contributed by atoms with van der Waals surface area (Å²) in [5.74, 6) is 0.709. The number of likely N-dealkylation sites (tertiary alicyclic amines) is 1. The fourth-order valence-corrected chi connectivity index (χ4v) is 8.47. The first-order valence-corrected chi connectivity index (χ1v) is 19.2. The number of piperidine rings is 1. The lowest BCUT2D eigenvalue weighted by molar-refractivity contribution is -0.143. The third-order valence-electron chi connectivity index (χ3n) is 11.6. The maximum atomic E-state index is 11.4. The zero-order valence-corrected chi connectivity index (χ0v) is 32.6. The van der Waals surface area contributed by atoms with Crippen LogP contribution in [0.5, 0.6) is 11.5 Å². The number of likely N-dealkylation sites (N-methyl/N-ethyl adjacent to an activating group) is 1. The summed E-state index contributed by atoms with van der Waals surface area (Å²) in [7, 11) is 5.28. The van der Waals surface area contributed by atoms with Crippen molar-refractivity contribution in [1.29, 1.82) is 5.26 Å². The monoisotopic (exact) mass is 770 g/mol. The van der Waals surface area contributed by atoms with Crippen molar-refractivity contribution in [2.45, 2.75) is 51.4 Å². The molecule has 2 aliphatic rings. The van der Waals surface area contributed by atoms with Crippen LogP contribution in [0.2, 0.25) is 0 Å². The number of aromatic nitrogens is 3. The van der Waals surface area contributed by atoms with Crippen molar-refractivity contribution < 1.29 is 33.6 Å². The van der Waals surface area contributed by atoms with Gasteiger partial charge in [-0.2, -0.15) is 10.4 Å². The lowest BCUT2D eigenvalue weighted by atomic mass is 9.94. The summed E-state index contributed by atoms with van der Waals surface area (Å²) in [6, 6.07) is 22.2. The maximum absolute atomic E-state index is 11.4. The number of oxazole rings is 1. The van der Waals surface area contributed by atoms with Gasteiger partial charge in [0.25, 0.3) is 0 Å². The van der Waals surface area contributed by atoms with Crippen molar-refractivity contribution in [3.05, 3.63) is 89.1 Å². The molecule has 13 nitrogen and oxygen atoms in total. The molecule has 13 heteroatoms. The number of benzene rings is 4. The minimum atomic E-state index is -0.735. The van der Waals surface area contributed by atoms with Gasteiger partial charge in [-0.05, 0) is 92.8 Å². The van der Waals surface area contributed by atoms with E-state index in [9.17, 15) is 20.3 Å². The van der Waals surface area contributed by atoms with Gasteiger partial charge >= 0.3 is 5.97 Å². The van der Waals surface area contributed by atoms with Crippen LogP contribution in [0.15, 0.2) is 71.3 Å². The van der Waals surface area contributed by atoms with Crippen LogP contribution in [0.4, 0.5) is 0 Å². The van der Waals surface area contributed by atoms with Crippen molar-refractivity contribution >= 4 is 28.0 Å². The number of rotatable bonds is 11. The summed E-state index contributed by atoms with van der Waals surface area (Å²) in [6.45, 7) is 5.48. The quantitative estimate of drug-likeness (QED) is 0.146. The van der Waals surface area contributed by atoms with Crippen molar-refractivity contribution in [2.24, 2.45) is 5.92 Å². The van der Waals surface area contributed by atoms with Crippen LogP contribution in [0.3, 0.4) is 0 Å². The number of nitrogens with zero attached hydrogens (tertiary/aromatic N) is 6. The van der Waals surface area contributed by atoms with Crippen LogP contribution < -0.4 is 9.47 Å². The fraction of sp³-hybridized carbons (Fsp3) is 0.364. The third-order valence-corrected chi connectivity index (χ3v) is 11.6. The Balaban J connectivity index is 1.10. The highest BCUT2D eigenvalue weighted by Gasteiger charge is 2.29. The Labute approximate surface area is 330 Å². The summed E-state index contributed by atoms with van der Waals surface area (Å²) in [5, 5.41) is 35.9. The highest BCUT2D eigenvalue weighted by atomic mass is 16.5. The van der Waals surface area contributed by atoms with E-state index in [4.69, 9.17) is 28.7 Å². The van der Waals surface area contributed by atoms with Crippen LogP contribution in [0.1, 0.15) is 41.5 Å². The van der Waals surface area contributed by atoms with E-state index in [0.717, 1.165) is 56.4 Å². The SMILES string of the molecule is COc1cc(-n2ncc3c(-c4cccc(-c5nc6cc(CN7CCC(C(=O)O)CC7)cc(C#N)c6o5)c4C)cccc32)cc(OC)c1CN(C)[C@@H]1CCOC[C@@H]1O. The number of aliphatic carboxylic acids is 1. The van der Waals surface area contributed by atoms with Crippen molar-refractivity contribution in [3.8, 4) is 45.8 Å². The zero-order chi connectivity index (χ0) is 39.8. The second-order valence-corrected chi connectivity index (χ2v) is 15.0. The molecule has 8 rings (SSSR count). The van der Waals surface area contributed by atoms with Crippen LogP contribution in [-0.2, 0) is 22.6 Å². The molecule has 4 aromatic carbocycles. The third kappa shape index (κ3) is 7.33. The molecule has 0 radical (unpaired) electrons. The standard InChI is InChI=1S/C44H46N6O7/c1-26-31(7-5-8-32(26)43-47-36-18-27(17-29(21-45)42(36)57-43)23-49-14-11-28(12-15-49)44(52)53)33-9-6-10-37-34(33)22-46-50(37)30-19-40(54-3)35(41(20-30)55-4)24-48(2)38-13-16-56-25-39(38)51/h5-10,17-20,22,28,38-39,51H,11-16,23-25H2,1-4H3,(H,52,53)/t38-,39+/m1/s1. The van der Waals surface area contributed by atoms with Gasteiger partial charge in [-0.3, -0.25) is 14.6 Å². The highest BCUT2D eigenvalue weighted by molar-refractivity contribution is 5.97. The topological polar surface area (TPSA) is 159 Å². The molecule has 4 heterocycles. The molecule has 294 valence electrons. The average molecular weight is 771 g/mol. The van der Waals surface area contributed by atoms with Crippen LogP contribution in [-0.4, -0.2) is 100 Å². The molecule has 0 spiro atoms. The predicted octanol–water partition coefficient (Wildman–Crippen LogP) is 6.58. The Kier molecular flexibility index (Phi) is 10.7. The summed E-state index contributed by atoms with van der Waals surface area (Å²) >= 11 is 0. The fourth-order valence-electron chi connectivity index (χ4n) is 8.47. The molecular formula is C44H46N6O7. The van der Waals surface area contributed by atoms with Crippen LogP contribution in [0, 0.1) is 24.2 Å². The predicted molar refractivity (Wildman–Crippen MR) is 214 cm³/mol. The van der Waals surface area contributed by atoms with Gasteiger partial charge in [0.2, 0.25) is 5.89 Å². The van der Waals surface area contributed by atoms with E-state index < -0.39 is 12.1 Å². The first kappa shape index (κ1) is 38.1. The summed E-state index contributed by atoms with van der Waals surface area (Å²) in [4.78, 5) is 20.7. The number of aliphatic hydroxyl groups excluding tert-OH is 1. The van der Waals surface area contributed by atoms with Crippen molar-refractivity contribution in [1.82, 2.24) is 24.6 Å². The molecular weight excluding hydrogens is 725 g/mol. The van der Waals surface area contributed by atoms with Crippen molar-refractivity contribution in [2.75, 3.05) is 47.6 Å². The summed E-state index contributed by atoms with van der Waals surface area (Å²) < 4.78 is 25.5. The number of carboxylic acid groups (broad SMARTS) is 1. The van der Waals surface area contributed by atoms with Gasteiger partial charge in [-0.1, -0.05) is 24.3 Å². The first-order chi connectivity index (χ1) is 27.7. The Morgan fingerprint density at radius 2 is 1.74 bits per heavy atom. The largest absolute Gasteiger partial charge is 0.496 e. The van der Waals surface area contributed by atoms with E-state index in [0.29, 0.717) is 86.3 Å². The van der Waals surface area contributed by atoms with Gasteiger partial charge in [0, 0.05) is 48.8 Å². The van der Waals surface area contributed by atoms with Gasteiger partial charge in [-0.15, -0.1) is 0 Å². The molecule has 2 fully saturated rings. The molecule has 6 aromatic rings. The minimum absolute atomic E-state index is 0.0404. The van der Waals surface area contributed by atoms with Crippen LogP contribution in [0.25, 0.3) is 50.3 Å². The molecule has 0 amide bonds. The summed E-state index contributed by atoms with van der Waals surface area (Å²) in [6.07, 6.45) is 3.26. The molecule has 2 atom stereocenters. The van der Waals surface area contributed by atoms with E-state index in [2.05, 4.69) is 28.0 Å². The lowest BCUT2D eigenvalue weighted by Crippen LogP contribution is -2.47. The van der Waals surface area contributed by atoms with Gasteiger partial charge < -0.3 is 28.8 Å². The molecule has 2 aliphatic heterocycles. The maximum Gasteiger partial charge on any atom is 0.306 e. The van der Waals surface area contributed by atoms with Gasteiger partial charge in [0.1, 0.15) is 23.1 Å². The number of carbonyl (C=O) groups is 1. The number of hydrogen-bond donors (Lipinski definition) is 2.